The molecule has 0 spiro atoms. The average Bonchev–Trinajstić information content (AvgIpc) is 2.58. The molecule has 0 amide bonds. The number of nitrogens with zero attached hydrogens (tertiary/aromatic N) is 2. The van der Waals surface area contributed by atoms with E-state index in [9.17, 15) is 0 Å². The lowest BCUT2D eigenvalue weighted by Crippen LogP contribution is -2.34. The van der Waals surface area contributed by atoms with E-state index in [2.05, 4.69) is 40.6 Å². The van der Waals surface area contributed by atoms with E-state index in [-0.39, 0.29) is 6.04 Å². The van der Waals surface area contributed by atoms with Crippen LogP contribution in [-0.2, 0) is 0 Å². The molecule has 74 valence electrons. The van der Waals surface area contributed by atoms with Crippen LogP contribution in [0.4, 0.5) is 0 Å². The Kier molecular flexibility index (Phi) is 2.56. The fourth-order valence-corrected chi connectivity index (χ4v) is 2.16. The van der Waals surface area contributed by atoms with Crippen LogP contribution in [0.3, 0.4) is 0 Å². The van der Waals surface area contributed by atoms with Crippen LogP contribution in [0.25, 0.3) is 0 Å². The van der Waals surface area contributed by atoms with Gasteiger partial charge >= 0.3 is 0 Å². The maximum atomic E-state index is 5.48. The van der Waals surface area contributed by atoms with Crippen LogP contribution >= 0.6 is 0 Å². The van der Waals surface area contributed by atoms with Crippen molar-refractivity contribution in [3.63, 3.8) is 0 Å². The molecule has 0 radical (unpaired) electrons. The van der Waals surface area contributed by atoms with Crippen LogP contribution in [0, 0.1) is 5.92 Å². The predicted molar refractivity (Wildman–Crippen MR) is 58.0 cm³/mol. The zero-order chi connectivity index (χ0) is 9.97. The van der Waals surface area contributed by atoms with Gasteiger partial charge in [0.15, 0.2) is 0 Å². The number of fused-ring (bicyclic) bond motifs is 1. The third kappa shape index (κ3) is 1.42. The van der Waals surface area contributed by atoms with Crippen molar-refractivity contribution in [1.82, 2.24) is 5.43 Å². The first kappa shape index (κ1) is 9.30. The topological polar surface area (TPSA) is 62.8 Å². The molecule has 2 atom stereocenters. The standard InChI is InChI=1S/C10H14N4/c1-12-14-10-6-9(13-11)7-4-2-3-5-8(7)10/h2-4,8-9,13H,1,5-6,11H2. The van der Waals surface area contributed by atoms with Crippen LogP contribution < -0.4 is 11.3 Å². The van der Waals surface area contributed by atoms with Crippen molar-refractivity contribution in [2.45, 2.75) is 18.9 Å². The molecule has 2 aliphatic carbocycles. The van der Waals surface area contributed by atoms with E-state index in [1.165, 1.54) is 5.57 Å². The first-order valence-electron chi connectivity index (χ1n) is 4.72. The smallest absolute Gasteiger partial charge is 0.0500 e. The molecule has 4 heteroatoms. The van der Waals surface area contributed by atoms with Crippen molar-refractivity contribution in [2.75, 3.05) is 0 Å². The highest BCUT2D eigenvalue weighted by molar-refractivity contribution is 5.94. The summed E-state index contributed by atoms with van der Waals surface area (Å²) in [5.74, 6) is 5.86. The highest BCUT2D eigenvalue weighted by Gasteiger charge is 2.35. The lowest BCUT2D eigenvalue weighted by Gasteiger charge is -2.16. The van der Waals surface area contributed by atoms with Gasteiger partial charge in [0.2, 0.25) is 0 Å². The Morgan fingerprint density at radius 2 is 2.43 bits per heavy atom. The van der Waals surface area contributed by atoms with Gasteiger partial charge < -0.3 is 0 Å². The molecule has 0 saturated heterocycles. The number of rotatable bonds is 2. The van der Waals surface area contributed by atoms with E-state index in [1.54, 1.807) is 0 Å². The lowest BCUT2D eigenvalue weighted by molar-refractivity contribution is 0.610. The van der Waals surface area contributed by atoms with Crippen molar-refractivity contribution in [2.24, 2.45) is 22.0 Å². The van der Waals surface area contributed by atoms with Crippen LogP contribution in [-0.4, -0.2) is 18.5 Å². The highest BCUT2D eigenvalue weighted by Crippen LogP contribution is 2.34. The van der Waals surface area contributed by atoms with Gasteiger partial charge in [0, 0.05) is 30.8 Å². The van der Waals surface area contributed by atoms with Gasteiger partial charge in [-0.1, -0.05) is 18.2 Å². The molecule has 2 rings (SSSR count). The Balaban J connectivity index is 2.30. The minimum atomic E-state index is 0.213. The van der Waals surface area contributed by atoms with E-state index in [4.69, 9.17) is 5.84 Å². The highest BCUT2D eigenvalue weighted by atomic mass is 15.2. The fraction of sp³-hybridized carbons (Fsp3) is 0.400. The number of hydrazine groups is 1. The van der Waals surface area contributed by atoms with Gasteiger partial charge in [0.1, 0.15) is 0 Å². The molecular weight excluding hydrogens is 176 g/mol. The minimum Gasteiger partial charge on any atom is -0.271 e. The van der Waals surface area contributed by atoms with E-state index >= 15 is 0 Å². The molecule has 0 heterocycles. The number of nitrogens with two attached hydrogens (primary N) is 1. The molecule has 0 aromatic heterocycles. The number of hydrogen-bond donors (Lipinski definition) is 2. The SMILES string of the molecule is C=NN=C1CC(NN)C2=CC=CCC21. The largest absolute Gasteiger partial charge is 0.271 e. The van der Waals surface area contributed by atoms with Crippen LogP contribution in [0.5, 0.6) is 0 Å². The zero-order valence-corrected chi connectivity index (χ0v) is 7.98. The molecule has 14 heavy (non-hydrogen) atoms. The summed E-state index contributed by atoms with van der Waals surface area (Å²) >= 11 is 0. The maximum Gasteiger partial charge on any atom is 0.0500 e. The number of nitrogens with one attached hydrogen (secondary N) is 1. The lowest BCUT2D eigenvalue weighted by atomic mass is 9.92. The monoisotopic (exact) mass is 190 g/mol. The summed E-state index contributed by atoms with van der Waals surface area (Å²) in [7, 11) is 0. The summed E-state index contributed by atoms with van der Waals surface area (Å²) in [5.41, 5.74) is 5.21. The van der Waals surface area contributed by atoms with Crippen LogP contribution in [0.15, 0.2) is 34.0 Å². The van der Waals surface area contributed by atoms with Crippen molar-refractivity contribution in [1.29, 1.82) is 0 Å². The summed E-state index contributed by atoms with van der Waals surface area (Å²) in [5, 5.41) is 7.66. The quantitative estimate of drug-likeness (QED) is 0.384. The average molecular weight is 190 g/mol. The van der Waals surface area contributed by atoms with Gasteiger partial charge in [-0.05, 0) is 12.0 Å². The van der Waals surface area contributed by atoms with Crippen LogP contribution in [0.2, 0.25) is 0 Å². The molecule has 1 fully saturated rings. The summed E-state index contributed by atoms with van der Waals surface area (Å²) in [6, 6.07) is 0.213. The summed E-state index contributed by atoms with van der Waals surface area (Å²) < 4.78 is 0. The van der Waals surface area contributed by atoms with Gasteiger partial charge in [0.25, 0.3) is 0 Å². The molecule has 0 aromatic carbocycles. The Labute approximate surface area is 83.3 Å². The normalized spacial score (nSPS) is 32.9. The first-order chi connectivity index (χ1) is 6.86. The second-order valence-electron chi connectivity index (χ2n) is 3.54. The van der Waals surface area contributed by atoms with E-state index in [0.717, 1.165) is 18.6 Å². The second kappa shape index (κ2) is 3.86. The first-order valence-corrected chi connectivity index (χ1v) is 4.72. The second-order valence-corrected chi connectivity index (χ2v) is 3.54. The van der Waals surface area contributed by atoms with Crippen molar-refractivity contribution in [3.05, 3.63) is 23.8 Å². The predicted octanol–water partition coefficient (Wildman–Crippen LogP) is 0.781. The summed E-state index contributed by atoms with van der Waals surface area (Å²) in [6.45, 7) is 3.39. The summed E-state index contributed by atoms with van der Waals surface area (Å²) in [6.07, 6.45) is 8.17. The Bertz CT molecular complexity index is 327. The maximum absolute atomic E-state index is 5.48. The van der Waals surface area contributed by atoms with Gasteiger partial charge in [-0.3, -0.25) is 11.3 Å². The van der Waals surface area contributed by atoms with Crippen LogP contribution in [0.1, 0.15) is 12.8 Å². The Hall–Kier alpha value is -1.26. The van der Waals surface area contributed by atoms with E-state index < -0.39 is 0 Å². The molecule has 0 aliphatic heterocycles. The van der Waals surface area contributed by atoms with Crippen molar-refractivity contribution in [3.8, 4) is 0 Å². The summed E-state index contributed by atoms with van der Waals surface area (Å²) in [4.78, 5) is 0. The van der Waals surface area contributed by atoms with Gasteiger partial charge in [0.05, 0.1) is 0 Å². The van der Waals surface area contributed by atoms with Crippen molar-refractivity contribution < 1.29 is 0 Å². The van der Waals surface area contributed by atoms with Gasteiger partial charge in [-0.15, -0.1) is 0 Å². The third-order valence-electron chi connectivity index (χ3n) is 2.82. The molecule has 2 unspecified atom stereocenters. The number of allylic oxidation sites excluding steroid dienone is 3. The van der Waals surface area contributed by atoms with Gasteiger partial charge in [-0.2, -0.15) is 10.2 Å². The van der Waals surface area contributed by atoms with E-state index in [1.807, 2.05) is 0 Å². The van der Waals surface area contributed by atoms with Crippen molar-refractivity contribution >= 4 is 12.4 Å². The molecule has 2 aliphatic rings. The van der Waals surface area contributed by atoms with E-state index in [0.29, 0.717) is 5.92 Å². The fourth-order valence-electron chi connectivity index (χ4n) is 2.16. The van der Waals surface area contributed by atoms with Gasteiger partial charge in [-0.25, -0.2) is 0 Å². The molecular formula is C10H14N4. The minimum absolute atomic E-state index is 0.213. The molecule has 0 bridgehead atoms. The molecule has 3 N–H and O–H groups in total. The third-order valence-corrected chi connectivity index (χ3v) is 2.82. The zero-order valence-electron chi connectivity index (χ0n) is 7.98. The molecule has 0 aromatic rings. The molecule has 4 nitrogen and oxygen atoms in total. The Morgan fingerprint density at radius 1 is 1.57 bits per heavy atom. The number of hydrogen-bond acceptors (Lipinski definition) is 4. The molecule has 1 saturated carbocycles. The Morgan fingerprint density at radius 3 is 3.14 bits per heavy atom.